The molecule has 6 heteroatoms. The van der Waals surface area contributed by atoms with Gasteiger partial charge < -0.3 is 10.2 Å². The Labute approximate surface area is 302 Å². The van der Waals surface area contributed by atoms with Gasteiger partial charge in [0.25, 0.3) is 0 Å². The molecular weight excluding hydrogens is 637 g/mol. The summed E-state index contributed by atoms with van der Waals surface area (Å²) in [6.45, 7) is 1.71. The van der Waals surface area contributed by atoms with Crippen molar-refractivity contribution in [1.82, 2.24) is 25.3 Å². The molecule has 10 rings (SSSR count). The molecule has 1 unspecified atom stereocenters. The molecule has 1 N–H and O–H groups in total. The lowest BCUT2D eigenvalue weighted by molar-refractivity contribution is 0.566. The molecule has 4 aromatic heterocycles. The number of anilines is 2. The quantitative estimate of drug-likeness (QED) is 0.196. The van der Waals surface area contributed by atoms with Gasteiger partial charge in [-0.1, -0.05) is 97.1 Å². The lowest BCUT2D eigenvalue weighted by Crippen LogP contribution is -2.34. The number of nitrogens with zero attached hydrogens (tertiary/aromatic N) is 5. The average Bonchev–Trinajstić information content (AvgIpc) is 3.22. The zero-order chi connectivity index (χ0) is 34.4. The fourth-order valence-corrected chi connectivity index (χ4v) is 8.20. The number of aryl methyl sites for hydroxylation is 1. The van der Waals surface area contributed by atoms with E-state index in [1.165, 1.54) is 22.4 Å². The van der Waals surface area contributed by atoms with E-state index in [2.05, 4.69) is 132 Å². The molecule has 0 spiro atoms. The standard InChI is InChI=1S/C46H36N6/c1-5-17-34-30(12-1)26-28-48-44(34)43-41(37-20-9-10-27-47-37)42(38-24-22-31-13-2-6-18-35(31)49-38)45(39-25-23-32-14-3-7-19-36(32)50-39)51-46(43)52-29-11-16-33-15-4-8-21-40(33)52/h1-10,12-15,17-25,27,44,48H,11,16,26,28-29H2. The van der Waals surface area contributed by atoms with E-state index in [0.29, 0.717) is 0 Å². The summed E-state index contributed by atoms with van der Waals surface area (Å²) in [4.78, 5) is 24.0. The highest BCUT2D eigenvalue weighted by Gasteiger charge is 2.35. The molecule has 4 aromatic carbocycles. The Morgan fingerprint density at radius 2 is 1.25 bits per heavy atom. The second-order valence-corrected chi connectivity index (χ2v) is 13.7. The van der Waals surface area contributed by atoms with Gasteiger partial charge in [-0.05, 0) is 78.4 Å². The monoisotopic (exact) mass is 672 g/mol. The van der Waals surface area contributed by atoms with Crippen molar-refractivity contribution >= 4 is 33.3 Å². The second-order valence-electron chi connectivity index (χ2n) is 13.7. The molecule has 2 aliphatic heterocycles. The number of aromatic nitrogens is 4. The molecular formula is C46H36N6. The lowest BCUT2D eigenvalue weighted by Gasteiger charge is -2.37. The van der Waals surface area contributed by atoms with Crippen molar-refractivity contribution in [2.45, 2.75) is 25.3 Å². The summed E-state index contributed by atoms with van der Waals surface area (Å²) in [6, 6.07) is 48.9. The first kappa shape index (κ1) is 30.6. The summed E-state index contributed by atoms with van der Waals surface area (Å²) >= 11 is 0. The van der Waals surface area contributed by atoms with Crippen LogP contribution in [0.2, 0.25) is 0 Å². The molecule has 0 saturated heterocycles. The Morgan fingerprint density at radius 3 is 2.06 bits per heavy atom. The summed E-state index contributed by atoms with van der Waals surface area (Å²) in [5, 5.41) is 6.15. The molecule has 0 amide bonds. The van der Waals surface area contributed by atoms with Crippen molar-refractivity contribution in [3.8, 4) is 33.9 Å². The number of rotatable bonds is 5. The molecule has 52 heavy (non-hydrogen) atoms. The maximum absolute atomic E-state index is 5.82. The van der Waals surface area contributed by atoms with E-state index in [0.717, 1.165) is 99.4 Å². The first-order valence-corrected chi connectivity index (χ1v) is 18.2. The van der Waals surface area contributed by atoms with E-state index in [1.54, 1.807) is 0 Å². The molecule has 0 saturated carbocycles. The van der Waals surface area contributed by atoms with Gasteiger partial charge in [0.05, 0.1) is 34.2 Å². The van der Waals surface area contributed by atoms with Crippen molar-refractivity contribution in [2.24, 2.45) is 0 Å². The highest BCUT2D eigenvalue weighted by atomic mass is 15.2. The Bertz CT molecular complexity index is 2620. The Morgan fingerprint density at radius 1 is 0.558 bits per heavy atom. The largest absolute Gasteiger partial charge is 0.326 e. The molecule has 0 aliphatic carbocycles. The molecule has 0 fully saturated rings. The minimum absolute atomic E-state index is 0.128. The third-order valence-corrected chi connectivity index (χ3v) is 10.6. The lowest BCUT2D eigenvalue weighted by atomic mass is 9.83. The first-order valence-electron chi connectivity index (χ1n) is 18.2. The van der Waals surface area contributed by atoms with E-state index in [9.17, 15) is 0 Å². The van der Waals surface area contributed by atoms with E-state index < -0.39 is 0 Å². The maximum Gasteiger partial charge on any atom is 0.139 e. The minimum Gasteiger partial charge on any atom is -0.326 e. The van der Waals surface area contributed by atoms with Gasteiger partial charge in [-0.25, -0.2) is 15.0 Å². The number of hydrogen-bond donors (Lipinski definition) is 1. The van der Waals surface area contributed by atoms with Gasteiger partial charge in [-0.2, -0.15) is 0 Å². The summed E-state index contributed by atoms with van der Waals surface area (Å²) in [6.07, 6.45) is 4.93. The van der Waals surface area contributed by atoms with Gasteiger partial charge in [0.2, 0.25) is 0 Å². The molecule has 6 nitrogen and oxygen atoms in total. The molecule has 6 heterocycles. The van der Waals surface area contributed by atoms with Crippen LogP contribution in [0.1, 0.15) is 34.7 Å². The molecule has 8 aromatic rings. The van der Waals surface area contributed by atoms with Gasteiger partial charge in [0, 0.05) is 52.4 Å². The van der Waals surface area contributed by atoms with Crippen LogP contribution in [0.15, 0.2) is 146 Å². The predicted octanol–water partition coefficient (Wildman–Crippen LogP) is 9.89. The van der Waals surface area contributed by atoms with Crippen molar-refractivity contribution in [3.05, 3.63) is 168 Å². The number of nitrogens with one attached hydrogen (secondary N) is 1. The van der Waals surface area contributed by atoms with Crippen LogP contribution in [0, 0.1) is 0 Å². The van der Waals surface area contributed by atoms with Crippen LogP contribution in [0.5, 0.6) is 0 Å². The summed E-state index contributed by atoms with van der Waals surface area (Å²) in [7, 11) is 0. The number of para-hydroxylation sites is 3. The number of fused-ring (bicyclic) bond motifs is 4. The third-order valence-electron chi connectivity index (χ3n) is 10.6. The van der Waals surface area contributed by atoms with Gasteiger partial charge in [-0.3, -0.25) is 4.98 Å². The van der Waals surface area contributed by atoms with Crippen LogP contribution >= 0.6 is 0 Å². The Hall–Kier alpha value is -6.24. The number of hydrogen-bond acceptors (Lipinski definition) is 6. The fraction of sp³-hybridized carbons (Fsp3) is 0.130. The minimum atomic E-state index is -0.128. The van der Waals surface area contributed by atoms with Crippen molar-refractivity contribution in [1.29, 1.82) is 0 Å². The zero-order valence-electron chi connectivity index (χ0n) is 28.7. The average molecular weight is 673 g/mol. The van der Waals surface area contributed by atoms with E-state index in [4.69, 9.17) is 19.9 Å². The molecule has 0 radical (unpaired) electrons. The summed E-state index contributed by atoms with van der Waals surface area (Å²) < 4.78 is 0. The number of pyridine rings is 4. The van der Waals surface area contributed by atoms with Crippen LogP contribution in [-0.4, -0.2) is 33.0 Å². The highest BCUT2D eigenvalue weighted by Crippen LogP contribution is 2.49. The summed E-state index contributed by atoms with van der Waals surface area (Å²) in [5.41, 5.74) is 13.4. The van der Waals surface area contributed by atoms with Gasteiger partial charge in [0.15, 0.2) is 0 Å². The Balaban J connectivity index is 1.38. The highest BCUT2D eigenvalue weighted by molar-refractivity contribution is 5.97. The topological polar surface area (TPSA) is 66.8 Å². The van der Waals surface area contributed by atoms with Gasteiger partial charge in [-0.15, -0.1) is 0 Å². The molecule has 2 aliphatic rings. The van der Waals surface area contributed by atoms with Crippen LogP contribution in [0.3, 0.4) is 0 Å². The van der Waals surface area contributed by atoms with E-state index >= 15 is 0 Å². The SMILES string of the molecule is c1ccc(-c2c(-c3ccc4ccccc4n3)c(-c3ccc4ccccc4n3)nc(N3CCCc4ccccc43)c2C2NCCc3ccccc32)nc1. The van der Waals surface area contributed by atoms with Crippen molar-refractivity contribution in [3.63, 3.8) is 0 Å². The Kier molecular flexibility index (Phi) is 7.54. The van der Waals surface area contributed by atoms with Crippen molar-refractivity contribution < 1.29 is 0 Å². The van der Waals surface area contributed by atoms with Crippen LogP contribution in [-0.2, 0) is 12.8 Å². The molecule has 1 atom stereocenters. The zero-order valence-corrected chi connectivity index (χ0v) is 28.7. The van der Waals surface area contributed by atoms with Crippen LogP contribution in [0.25, 0.3) is 55.7 Å². The molecule has 250 valence electrons. The van der Waals surface area contributed by atoms with E-state index in [-0.39, 0.29) is 6.04 Å². The first-order chi connectivity index (χ1) is 25.8. The third kappa shape index (κ3) is 5.22. The van der Waals surface area contributed by atoms with Gasteiger partial charge >= 0.3 is 0 Å². The summed E-state index contributed by atoms with van der Waals surface area (Å²) in [5.74, 6) is 0.927. The smallest absolute Gasteiger partial charge is 0.139 e. The van der Waals surface area contributed by atoms with E-state index in [1.807, 2.05) is 24.4 Å². The normalized spacial score (nSPS) is 15.4. The van der Waals surface area contributed by atoms with Gasteiger partial charge in [0.1, 0.15) is 11.5 Å². The second kappa shape index (κ2) is 12.8. The predicted molar refractivity (Wildman–Crippen MR) is 211 cm³/mol. The van der Waals surface area contributed by atoms with Crippen LogP contribution < -0.4 is 10.2 Å². The molecule has 0 bridgehead atoms. The maximum atomic E-state index is 5.82. The van der Waals surface area contributed by atoms with Crippen molar-refractivity contribution in [2.75, 3.05) is 18.0 Å². The number of benzene rings is 4. The fourth-order valence-electron chi connectivity index (χ4n) is 8.20. The van der Waals surface area contributed by atoms with Crippen LogP contribution in [0.4, 0.5) is 11.5 Å².